The third-order valence-electron chi connectivity index (χ3n) is 3.47. The minimum Gasteiger partial charge on any atom is -0.489 e. The van der Waals surface area contributed by atoms with Crippen molar-refractivity contribution in [1.82, 2.24) is 0 Å². The summed E-state index contributed by atoms with van der Waals surface area (Å²) in [5.74, 6) is 1.22. The van der Waals surface area contributed by atoms with Crippen LogP contribution in [-0.4, -0.2) is 0 Å². The molecule has 0 bridgehead atoms. The van der Waals surface area contributed by atoms with Crippen LogP contribution in [0.3, 0.4) is 0 Å². The predicted octanol–water partition coefficient (Wildman–Crippen LogP) is 5.81. The summed E-state index contributed by atoms with van der Waals surface area (Å²) in [5.41, 5.74) is 1.98. The molecule has 3 heteroatoms. The molecule has 1 nitrogen and oxygen atoms in total. The zero-order valence-corrected chi connectivity index (χ0v) is 12.9. The van der Waals surface area contributed by atoms with Crippen LogP contribution in [0.4, 0.5) is 0 Å². The van der Waals surface area contributed by atoms with Crippen molar-refractivity contribution in [2.24, 2.45) is 0 Å². The highest BCUT2D eigenvalue weighted by atomic mass is 35.5. The van der Waals surface area contributed by atoms with E-state index in [9.17, 15) is 0 Å². The summed E-state index contributed by atoms with van der Waals surface area (Å²) in [4.78, 5) is 0. The van der Waals surface area contributed by atoms with E-state index in [1.165, 1.54) is 5.39 Å². The van der Waals surface area contributed by atoms with E-state index < -0.39 is 0 Å². The Balaban J connectivity index is 1.92. The van der Waals surface area contributed by atoms with Crippen LogP contribution in [0.5, 0.6) is 5.75 Å². The summed E-state index contributed by atoms with van der Waals surface area (Å²) in [5, 5.41) is 3.01. The Morgan fingerprint density at radius 3 is 2.43 bits per heavy atom. The maximum Gasteiger partial charge on any atom is 0.124 e. The molecule has 0 fully saturated rings. The van der Waals surface area contributed by atoms with Crippen molar-refractivity contribution < 1.29 is 4.74 Å². The quantitative estimate of drug-likeness (QED) is 0.552. The van der Waals surface area contributed by atoms with Gasteiger partial charge in [-0.05, 0) is 22.9 Å². The lowest BCUT2D eigenvalue weighted by Gasteiger charge is -2.13. The molecule has 0 N–H and O–H groups in total. The van der Waals surface area contributed by atoms with Gasteiger partial charge in [-0.1, -0.05) is 60.1 Å². The number of rotatable bonds is 4. The van der Waals surface area contributed by atoms with Crippen LogP contribution in [0, 0.1) is 0 Å². The molecule has 0 amide bonds. The van der Waals surface area contributed by atoms with Gasteiger partial charge < -0.3 is 4.74 Å². The van der Waals surface area contributed by atoms with Gasteiger partial charge in [-0.15, -0.1) is 11.6 Å². The molecule has 0 saturated carbocycles. The number of ether oxygens (including phenoxy) is 1. The molecule has 3 rings (SSSR count). The van der Waals surface area contributed by atoms with Crippen LogP contribution in [0.25, 0.3) is 10.8 Å². The number of fused-ring (bicyclic) bond motifs is 1. The Labute approximate surface area is 134 Å². The molecule has 0 aromatic heterocycles. The first kappa shape index (κ1) is 14.2. The van der Waals surface area contributed by atoms with E-state index in [4.69, 9.17) is 27.9 Å². The van der Waals surface area contributed by atoms with Gasteiger partial charge in [0.25, 0.3) is 0 Å². The van der Waals surface area contributed by atoms with Crippen molar-refractivity contribution in [3.05, 3.63) is 76.8 Å². The summed E-state index contributed by atoms with van der Waals surface area (Å²) in [7, 11) is 0. The van der Waals surface area contributed by atoms with E-state index in [1.54, 1.807) is 0 Å². The molecule has 3 aromatic rings. The van der Waals surface area contributed by atoms with Crippen LogP contribution in [0.2, 0.25) is 5.02 Å². The van der Waals surface area contributed by atoms with Crippen LogP contribution in [-0.2, 0) is 12.5 Å². The molecule has 0 aliphatic carbocycles. The van der Waals surface area contributed by atoms with Gasteiger partial charge in [-0.3, -0.25) is 0 Å². The maximum absolute atomic E-state index is 6.15. The fourth-order valence-electron chi connectivity index (χ4n) is 2.36. The number of hydrogen-bond acceptors (Lipinski definition) is 1. The fraction of sp³-hybridized carbons (Fsp3) is 0.111. The van der Waals surface area contributed by atoms with Crippen molar-refractivity contribution in [2.45, 2.75) is 12.5 Å². The number of benzene rings is 3. The summed E-state index contributed by atoms with van der Waals surface area (Å²) >= 11 is 12.3. The average molecular weight is 317 g/mol. The van der Waals surface area contributed by atoms with Gasteiger partial charge in [-0.25, -0.2) is 0 Å². The fourth-order valence-corrected chi connectivity index (χ4v) is 2.83. The lowest BCUT2D eigenvalue weighted by molar-refractivity contribution is 0.304. The Bertz CT molecular complexity index is 768. The average Bonchev–Trinajstić information content (AvgIpc) is 2.53. The normalized spacial score (nSPS) is 10.8. The Hall–Kier alpha value is -1.70. The zero-order chi connectivity index (χ0) is 14.7. The first-order valence-electron chi connectivity index (χ1n) is 6.72. The summed E-state index contributed by atoms with van der Waals surface area (Å²) in [6.07, 6.45) is 0. The molecule has 0 radical (unpaired) electrons. The van der Waals surface area contributed by atoms with Crippen LogP contribution < -0.4 is 4.74 Å². The van der Waals surface area contributed by atoms with Gasteiger partial charge in [0.2, 0.25) is 0 Å². The van der Waals surface area contributed by atoms with Crippen LogP contribution >= 0.6 is 23.2 Å². The molecule has 0 saturated heterocycles. The molecule has 21 heavy (non-hydrogen) atoms. The van der Waals surface area contributed by atoms with Crippen molar-refractivity contribution in [3.8, 4) is 5.75 Å². The topological polar surface area (TPSA) is 9.23 Å². The van der Waals surface area contributed by atoms with E-state index in [0.717, 1.165) is 22.3 Å². The lowest BCUT2D eigenvalue weighted by atomic mass is 10.0. The molecular weight excluding hydrogens is 303 g/mol. The Kier molecular flexibility index (Phi) is 4.33. The second kappa shape index (κ2) is 6.38. The summed E-state index contributed by atoms with van der Waals surface area (Å²) in [6.45, 7) is 0.432. The number of alkyl halides is 1. The predicted molar refractivity (Wildman–Crippen MR) is 89.3 cm³/mol. The van der Waals surface area contributed by atoms with Gasteiger partial charge >= 0.3 is 0 Å². The second-order valence-corrected chi connectivity index (χ2v) is 5.45. The standard InChI is InChI=1S/C18H14Cl2O/c19-11-16-15-7-3-1-5-13(15)9-10-18(16)21-12-14-6-2-4-8-17(14)20/h1-10H,11-12H2. The lowest BCUT2D eigenvalue weighted by Crippen LogP contribution is -1.99. The zero-order valence-electron chi connectivity index (χ0n) is 11.4. The minimum atomic E-state index is 0.416. The van der Waals surface area contributed by atoms with Gasteiger partial charge in [0.05, 0.1) is 5.88 Å². The summed E-state index contributed by atoms with van der Waals surface area (Å²) in [6, 6.07) is 19.9. The van der Waals surface area contributed by atoms with Gasteiger partial charge in [0.15, 0.2) is 0 Å². The first-order chi connectivity index (χ1) is 10.3. The third-order valence-corrected chi connectivity index (χ3v) is 4.11. The van der Waals surface area contributed by atoms with Crippen molar-refractivity contribution >= 4 is 34.0 Å². The molecule has 0 heterocycles. The molecule has 0 spiro atoms. The molecular formula is C18H14Cl2O. The van der Waals surface area contributed by atoms with Crippen LogP contribution in [0.15, 0.2) is 60.7 Å². The van der Waals surface area contributed by atoms with Crippen LogP contribution in [0.1, 0.15) is 11.1 Å². The van der Waals surface area contributed by atoms with Gasteiger partial charge in [0, 0.05) is 16.1 Å². The molecule has 0 unspecified atom stereocenters. The van der Waals surface area contributed by atoms with E-state index in [1.807, 2.05) is 48.5 Å². The minimum absolute atomic E-state index is 0.416. The van der Waals surface area contributed by atoms with E-state index >= 15 is 0 Å². The number of halogens is 2. The van der Waals surface area contributed by atoms with Gasteiger partial charge in [0.1, 0.15) is 12.4 Å². The molecule has 0 atom stereocenters. The van der Waals surface area contributed by atoms with E-state index in [-0.39, 0.29) is 0 Å². The maximum atomic E-state index is 6.15. The SMILES string of the molecule is ClCc1c(OCc2ccccc2Cl)ccc2ccccc12. The largest absolute Gasteiger partial charge is 0.489 e. The molecule has 106 valence electrons. The molecule has 0 aliphatic rings. The van der Waals surface area contributed by atoms with Crippen molar-refractivity contribution in [1.29, 1.82) is 0 Å². The van der Waals surface area contributed by atoms with Crippen molar-refractivity contribution in [3.63, 3.8) is 0 Å². The smallest absolute Gasteiger partial charge is 0.124 e. The monoisotopic (exact) mass is 316 g/mol. The van der Waals surface area contributed by atoms with E-state index in [2.05, 4.69) is 12.1 Å². The third kappa shape index (κ3) is 2.99. The highest BCUT2D eigenvalue weighted by molar-refractivity contribution is 6.31. The highest BCUT2D eigenvalue weighted by Gasteiger charge is 2.08. The van der Waals surface area contributed by atoms with Gasteiger partial charge in [-0.2, -0.15) is 0 Å². The first-order valence-corrected chi connectivity index (χ1v) is 7.63. The number of hydrogen-bond donors (Lipinski definition) is 0. The molecule has 0 aliphatic heterocycles. The Morgan fingerprint density at radius 1 is 0.857 bits per heavy atom. The Morgan fingerprint density at radius 2 is 1.62 bits per heavy atom. The second-order valence-electron chi connectivity index (χ2n) is 4.78. The van der Waals surface area contributed by atoms with E-state index in [0.29, 0.717) is 17.5 Å². The summed E-state index contributed by atoms with van der Waals surface area (Å²) < 4.78 is 5.93. The highest BCUT2D eigenvalue weighted by Crippen LogP contribution is 2.30. The van der Waals surface area contributed by atoms with Crippen molar-refractivity contribution in [2.75, 3.05) is 0 Å². The molecule has 3 aromatic carbocycles.